The van der Waals surface area contributed by atoms with E-state index in [4.69, 9.17) is 0 Å². The monoisotopic (exact) mass is 128 g/mol. The highest BCUT2D eigenvalue weighted by Gasteiger charge is 1.99. The summed E-state index contributed by atoms with van der Waals surface area (Å²) in [5.41, 5.74) is 0. The molecule has 0 saturated heterocycles. The highest BCUT2D eigenvalue weighted by atomic mass is 28.1. The van der Waals surface area contributed by atoms with Crippen molar-refractivity contribution in [3.05, 3.63) is 0 Å². The minimum atomic E-state index is 0.113. The van der Waals surface area contributed by atoms with Crippen LogP contribution in [0.3, 0.4) is 0 Å². The van der Waals surface area contributed by atoms with Crippen LogP contribution >= 0.6 is 0 Å². The molecule has 0 aromatic carbocycles. The fraction of sp³-hybridized carbons (Fsp3) is 0.800. The summed E-state index contributed by atoms with van der Waals surface area (Å²) in [6.45, 7) is 4.28. The molecule has 0 heterocycles. The third-order valence-corrected chi connectivity index (χ3v) is 1.40. The SMILES string of the molecule is CCN(C[Si])C(C)=O. The van der Waals surface area contributed by atoms with Crippen LogP contribution in [0.5, 0.6) is 0 Å². The van der Waals surface area contributed by atoms with Gasteiger partial charge < -0.3 is 4.90 Å². The molecule has 8 heavy (non-hydrogen) atoms. The van der Waals surface area contributed by atoms with Gasteiger partial charge in [0.25, 0.3) is 0 Å². The second-order valence-corrected chi connectivity index (χ2v) is 1.85. The molecule has 45 valence electrons. The summed E-state index contributed by atoms with van der Waals surface area (Å²) >= 11 is 0. The van der Waals surface area contributed by atoms with Crippen molar-refractivity contribution in [3.8, 4) is 0 Å². The Balaban J connectivity index is 3.52. The molecule has 0 aliphatic rings. The van der Waals surface area contributed by atoms with Crippen molar-refractivity contribution in [2.45, 2.75) is 13.8 Å². The lowest BCUT2D eigenvalue weighted by Gasteiger charge is -2.14. The zero-order chi connectivity index (χ0) is 6.57. The molecule has 0 atom stereocenters. The van der Waals surface area contributed by atoms with E-state index in [1.54, 1.807) is 11.8 Å². The summed E-state index contributed by atoms with van der Waals surface area (Å²) in [6.07, 6.45) is 0.631. The standard InChI is InChI=1S/C5H10NOSi/c1-3-6(4-8)5(2)7/h3-4H2,1-2H3. The Morgan fingerprint density at radius 1 is 1.75 bits per heavy atom. The topological polar surface area (TPSA) is 20.3 Å². The first-order valence-corrected chi connectivity index (χ1v) is 3.33. The lowest BCUT2D eigenvalue weighted by atomic mass is 10.6. The zero-order valence-electron chi connectivity index (χ0n) is 5.27. The fourth-order valence-corrected chi connectivity index (χ4v) is 0.892. The van der Waals surface area contributed by atoms with Crippen molar-refractivity contribution < 1.29 is 4.79 Å². The van der Waals surface area contributed by atoms with Gasteiger partial charge in [-0.05, 0) is 6.92 Å². The highest BCUT2D eigenvalue weighted by Crippen LogP contribution is 1.82. The summed E-state index contributed by atoms with van der Waals surface area (Å²) in [7, 11) is 3.23. The number of carbonyl (C=O) groups is 1. The van der Waals surface area contributed by atoms with Gasteiger partial charge in [0.05, 0.1) is 10.2 Å². The van der Waals surface area contributed by atoms with Crippen LogP contribution in [0.2, 0.25) is 0 Å². The first-order chi connectivity index (χ1) is 3.72. The van der Waals surface area contributed by atoms with Crippen LogP contribution in [0.15, 0.2) is 0 Å². The first-order valence-electron chi connectivity index (χ1n) is 2.62. The minimum absolute atomic E-state index is 0.113. The molecule has 0 aromatic rings. The third kappa shape index (κ3) is 2.11. The van der Waals surface area contributed by atoms with Gasteiger partial charge >= 0.3 is 0 Å². The summed E-state index contributed by atoms with van der Waals surface area (Å²) < 4.78 is 0. The Morgan fingerprint density at radius 2 is 2.25 bits per heavy atom. The van der Waals surface area contributed by atoms with Gasteiger partial charge in [-0.15, -0.1) is 0 Å². The Bertz CT molecular complexity index is 80.5. The zero-order valence-corrected chi connectivity index (χ0v) is 6.27. The predicted molar refractivity (Wildman–Crippen MR) is 33.7 cm³/mol. The maximum absolute atomic E-state index is 10.5. The second-order valence-electron chi connectivity index (χ2n) is 1.53. The summed E-state index contributed by atoms with van der Waals surface area (Å²) in [6, 6.07) is 0. The van der Waals surface area contributed by atoms with E-state index in [0.29, 0.717) is 6.17 Å². The van der Waals surface area contributed by atoms with Crippen LogP contribution in [0.25, 0.3) is 0 Å². The van der Waals surface area contributed by atoms with Crippen molar-refractivity contribution in [3.63, 3.8) is 0 Å². The molecule has 0 aliphatic heterocycles. The molecule has 1 amide bonds. The van der Waals surface area contributed by atoms with Crippen LogP contribution in [-0.2, 0) is 4.79 Å². The maximum atomic E-state index is 10.5. The van der Waals surface area contributed by atoms with Gasteiger partial charge in [-0.3, -0.25) is 4.79 Å². The normalized spacial score (nSPS) is 8.88. The van der Waals surface area contributed by atoms with E-state index in [1.165, 1.54) is 0 Å². The lowest BCUT2D eigenvalue weighted by Crippen LogP contribution is -2.29. The van der Waals surface area contributed by atoms with Crippen molar-refractivity contribution >= 4 is 16.1 Å². The first kappa shape index (κ1) is 7.69. The maximum Gasteiger partial charge on any atom is 0.219 e. The van der Waals surface area contributed by atoms with Gasteiger partial charge in [-0.1, -0.05) is 0 Å². The van der Waals surface area contributed by atoms with Crippen LogP contribution in [0.1, 0.15) is 13.8 Å². The van der Waals surface area contributed by atoms with E-state index in [9.17, 15) is 4.79 Å². The molecule has 3 radical (unpaired) electrons. The van der Waals surface area contributed by atoms with E-state index < -0.39 is 0 Å². The Morgan fingerprint density at radius 3 is 2.25 bits per heavy atom. The van der Waals surface area contributed by atoms with Gasteiger partial charge in [-0.25, -0.2) is 0 Å². The Hall–Kier alpha value is -0.313. The van der Waals surface area contributed by atoms with Gasteiger partial charge in [0, 0.05) is 19.6 Å². The molecule has 0 aromatic heterocycles. The van der Waals surface area contributed by atoms with E-state index in [1.807, 2.05) is 6.92 Å². The van der Waals surface area contributed by atoms with Crippen LogP contribution in [0, 0.1) is 0 Å². The van der Waals surface area contributed by atoms with E-state index >= 15 is 0 Å². The number of carbonyl (C=O) groups excluding carboxylic acids is 1. The van der Waals surface area contributed by atoms with Crippen molar-refractivity contribution in [2.24, 2.45) is 0 Å². The molecule has 0 N–H and O–H groups in total. The van der Waals surface area contributed by atoms with Gasteiger partial charge in [0.2, 0.25) is 5.91 Å². The summed E-state index contributed by atoms with van der Waals surface area (Å²) in [5, 5.41) is 0. The van der Waals surface area contributed by atoms with E-state index in [0.717, 1.165) is 6.54 Å². The molecule has 0 bridgehead atoms. The molecule has 0 fully saturated rings. The summed E-state index contributed by atoms with van der Waals surface area (Å²) in [5.74, 6) is 0.113. The number of hydrogen-bond donors (Lipinski definition) is 0. The average molecular weight is 128 g/mol. The molecular formula is C5H10NOSi. The van der Waals surface area contributed by atoms with Crippen LogP contribution < -0.4 is 0 Å². The largest absolute Gasteiger partial charge is 0.347 e. The van der Waals surface area contributed by atoms with Gasteiger partial charge in [0.1, 0.15) is 0 Å². The minimum Gasteiger partial charge on any atom is -0.347 e. The third-order valence-electron chi connectivity index (χ3n) is 1.02. The molecule has 0 saturated carbocycles. The molecule has 0 rings (SSSR count). The van der Waals surface area contributed by atoms with Crippen molar-refractivity contribution in [1.29, 1.82) is 0 Å². The Kier molecular flexibility index (Phi) is 3.52. The highest BCUT2D eigenvalue weighted by molar-refractivity contribution is 6.09. The molecule has 0 spiro atoms. The lowest BCUT2D eigenvalue weighted by molar-refractivity contribution is -0.127. The molecule has 0 aliphatic carbocycles. The summed E-state index contributed by atoms with van der Waals surface area (Å²) in [4.78, 5) is 12.2. The number of nitrogens with zero attached hydrogens (tertiary/aromatic N) is 1. The quantitative estimate of drug-likeness (QED) is 0.479. The molecule has 0 unspecified atom stereocenters. The van der Waals surface area contributed by atoms with Crippen LogP contribution in [-0.4, -0.2) is 33.8 Å². The van der Waals surface area contributed by atoms with Crippen molar-refractivity contribution in [2.75, 3.05) is 12.7 Å². The number of amides is 1. The van der Waals surface area contributed by atoms with Crippen molar-refractivity contribution in [1.82, 2.24) is 4.90 Å². The second kappa shape index (κ2) is 3.66. The number of rotatable bonds is 2. The number of hydrogen-bond acceptors (Lipinski definition) is 1. The Labute approximate surface area is 53.3 Å². The van der Waals surface area contributed by atoms with Gasteiger partial charge in [-0.2, -0.15) is 0 Å². The van der Waals surface area contributed by atoms with E-state index in [2.05, 4.69) is 10.2 Å². The molecule has 3 heteroatoms. The van der Waals surface area contributed by atoms with Crippen LogP contribution in [0.4, 0.5) is 0 Å². The smallest absolute Gasteiger partial charge is 0.219 e. The molecule has 2 nitrogen and oxygen atoms in total. The molecular weight excluding hydrogens is 118 g/mol. The average Bonchev–Trinajstić information content (AvgIpc) is 1.69. The fourth-order valence-electron chi connectivity index (χ4n) is 0.446. The van der Waals surface area contributed by atoms with Gasteiger partial charge in [0.15, 0.2) is 0 Å². The van der Waals surface area contributed by atoms with E-state index in [-0.39, 0.29) is 5.91 Å². The predicted octanol–water partition coefficient (Wildman–Crippen LogP) is -0.0192.